The zero-order chi connectivity index (χ0) is 24.8. The molecule has 1 heterocycles. The van der Waals surface area contributed by atoms with Crippen molar-refractivity contribution in [2.75, 3.05) is 19.1 Å². The Morgan fingerprint density at radius 2 is 1.71 bits per heavy atom. The smallest absolute Gasteiger partial charge is 0.257 e. The van der Waals surface area contributed by atoms with Crippen LogP contribution in [0.15, 0.2) is 48.5 Å². The van der Waals surface area contributed by atoms with E-state index in [1.54, 1.807) is 18.2 Å². The molecule has 10 heteroatoms. The number of aromatic carboxylic acids is 1. The summed E-state index contributed by atoms with van der Waals surface area (Å²) in [6, 6.07) is 12.0. The van der Waals surface area contributed by atoms with Gasteiger partial charge in [0.15, 0.2) is 4.87 Å². The number of hydrogen-bond donors (Lipinski definition) is 0. The van der Waals surface area contributed by atoms with Gasteiger partial charge in [-0.15, -0.1) is 0 Å². The Morgan fingerprint density at radius 1 is 0.971 bits per heavy atom. The van der Waals surface area contributed by atoms with Crippen molar-refractivity contribution in [3.05, 3.63) is 85.9 Å². The van der Waals surface area contributed by atoms with Gasteiger partial charge >= 0.3 is 0 Å². The molecule has 1 aliphatic rings. The van der Waals surface area contributed by atoms with E-state index < -0.39 is 16.8 Å². The first-order chi connectivity index (χ1) is 16.1. The summed E-state index contributed by atoms with van der Waals surface area (Å²) in [6.07, 6.45) is 0. The van der Waals surface area contributed by atoms with E-state index in [9.17, 15) is 14.7 Å². The van der Waals surface area contributed by atoms with Gasteiger partial charge < -0.3 is 24.3 Å². The fraction of sp³-hybridized carbons (Fsp3) is 0.167. The number of anilines is 1. The van der Waals surface area contributed by atoms with Crippen molar-refractivity contribution in [2.45, 2.75) is 11.4 Å². The number of amides is 1. The molecular weight excluding hydrogens is 524 g/mol. The van der Waals surface area contributed by atoms with E-state index >= 15 is 0 Å². The molecule has 0 saturated carbocycles. The fourth-order valence-electron chi connectivity index (χ4n) is 3.99. The zero-order valence-electron chi connectivity index (χ0n) is 17.8. The van der Waals surface area contributed by atoms with Crippen molar-refractivity contribution in [1.29, 1.82) is 0 Å². The second kappa shape index (κ2) is 9.19. The summed E-state index contributed by atoms with van der Waals surface area (Å²) < 4.78 is 10.7. The third-order valence-electron chi connectivity index (χ3n) is 5.60. The predicted octanol–water partition coefficient (Wildman–Crippen LogP) is 5.06. The SMILES string of the molecule is COc1ccc(CN2C(=O)C(Cl)(c3cc(C(=O)[O-])ccc3Cl)c3cc(Cl)cc(Cl)c32)c(OC)c1. The molecule has 0 spiro atoms. The number of ether oxygens (including phenoxy) is 2. The molecule has 6 nitrogen and oxygen atoms in total. The highest BCUT2D eigenvalue weighted by atomic mass is 35.5. The Morgan fingerprint density at radius 3 is 2.35 bits per heavy atom. The summed E-state index contributed by atoms with van der Waals surface area (Å²) in [5, 5.41) is 12.0. The molecule has 1 atom stereocenters. The van der Waals surface area contributed by atoms with Gasteiger partial charge in [0.25, 0.3) is 5.91 Å². The number of carbonyl (C=O) groups is 2. The standard InChI is InChI=1S/C24H17Cl4NO5/c1-33-15-5-3-13(20(10-15)34-2)11-29-21-17(8-14(25)9-19(21)27)24(28,23(29)32)16-7-12(22(30)31)4-6-18(16)26/h3-10H,11H2,1-2H3,(H,30,31)/p-1. The first-order valence-electron chi connectivity index (χ1n) is 9.84. The summed E-state index contributed by atoms with van der Waals surface area (Å²) in [5.41, 5.74) is 1.16. The number of alkyl halides is 1. The summed E-state index contributed by atoms with van der Waals surface area (Å²) in [7, 11) is 3.03. The van der Waals surface area contributed by atoms with E-state index in [1.807, 2.05) is 0 Å². The summed E-state index contributed by atoms with van der Waals surface area (Å²) in [6.45, 7) is 0.0482. The Kier molecular flexibility index (Phi) is 6.62. The Hall–Kier alpha value is -2.64. The largest absolute Gasteiger partial charge is 0.545 e. The maximum absolute atomic E-state index is 13.9. The highest BCUT2D eigenvalue weighted by Gasteiger charge is 2.53. The van der Waals surface area contributed by atoms with E-state index in [0.29, 0.717) is 22.7 Å². The maximum atomic E-state index is 13.9. The molecular formula is C24H16Cl4NO5-. The number of methoxy groups -OCH3 is 2. The number of rotatable bonds is 6. The van der Waals surface area contributed by atoms with Crippen molar-refractivity contribution in [3.63, 3.8) is 0 Å². The van der Waals surface area contributed by atoms with Gasteiger partial charge in [0, 0.05) is 32.8 Å². The second-order valence-electron chi connectivity index (χ2n) is 7.49. The van der Waals surface area contributed by atoms with Crippen LogP contribution in [-0.4, -0.2) is 26.1 Å². The van der Waals surface area contributed by atoms with E-state index in [1.165, 1.54) is 49.5 Å². The molecule has 0 aromatic heterocycles. The van der Waals surface area contributed by atoms with Crippen molar-refractivity contribution >= 4 is 64.0 Å². The molecule has 0 saturated heterocycles. The van der Waals surface area contributed by atoms with Crippen LogP contribution in [-0.2, 0) is 16.2 Å². The molecule has 0 bridgehead atoms. The van der Waals surface area contributed by atoms with Crippen LogP contribution in [0.4, 0.5) is 5.69 Å². The highest BCUT2D eigenvalue weighted by Crippen LogP contribution is 2.54. The minimum Gasteiger partial charge on any atom is -0.545 e. The molecule has 0 fully saturated rings. The van der Waals surface area contributed by atoms with Gasteiger partial charge in [0.05, 0.1) is 37.4 Å². The van der Waals surface area contributed by atoms with Crippen molar-refractivity contribution in [3.8, 4) is 11.5 Å². The van der Waals surface area contributed by atoms with Crippen LogP contribution in [0.3, 0.4) is 0 Å². The van der Waals surface area contributed by atoms with Crippen molar-refractivity contribution in [1.82, 2.24) is 0 Å². The molecule has 0 aliphatic carbocycles. The van der Waals surface area contributed by atoms with Gasteiger partial charge in [-0.05, 0) is 42.0 Å². The molecule has 1 amide bonds. The molecule has 0 N–H and O–H groups in total. The first-order valence-corrected chi connectivity index (χ1v) is 11.4. The lowest BCUT2D eigenvalue weighted by Gasteiger charge is -2.25. The minimum atomic E-state index is -1.88. The van der Waals surface area contributed by atoms with Crippen LogP contribution < -0.4 is 19.5 Å². The van der Waals surface area contributed by atoms with Gasteiger partial charge in [-0.1, -0.05) is 52.5 Å². The van der Waals surface area contributed by atoms with Gasteiger partial charge in [0.2, 0.25) is 0 Å². The van der Waals surface area contributed by atoms with Gasteiger partial charge in [-0.25, -0.2) is 0 Å². The summed E-state index contributed by atoms with van der Waals surface area (Å²) in [5.74, 6) is -0.949. The van der Waals surface area contributed by atoms with Gasteiger partial charge in [-0.3, -0.25) is 4.79 Å². The fourth-order valence-corrected chi connectivity index (χ4v) is 5.29. The summed E-state index contributed by atoms with van der Waals surface area (Å²) >= 11 is 26.2. The molecule has 34 heavy (non-hydrogen) atoms. The average molecular weight is 540 g/mol. The first kappa shape index (κ1) is 24.5. The maximum Gasteiger partial charge on any atom is 0.257 e. The lowest BCUT2D eigenvalue weighted by atomic mass is 9.90. The number of carboxylic acid groups (broad SMARTS) is 1. The lowest BCUT2D eigenvalue weighted by Crippen LogP contribution is -2.37. The number of carbonyl (C=O) groups excluding carboxylic acids is 2. The van der Waals surface area contributed by atoms with Gasteiger partial charge in [0.1, 0.15) is 11.5 Å². The predicted molar refractivity (Wildman–Crippen MR) is 130 cm³/mol. The number of nitrogens with zero attached hydrogens (tertiary/aromatic N) is 1. The second-order valence-corrected chi connectivity index (χ2v) is 9.31. The highest BCUT2D eigenvalue weighted by molar-refractivity contribution is 6.46. The van der Waals surface area contributed by atoms with E-state index in [0.717, 1.165) is 0 Å². The normalized spacial score (nSPS) is 17.0. The third-order valence-corrected chi connectivity index (χ3v) is 7.01. The van der Waals surface area contributed by atoms with Crippen LogP contribution in [0.5, 0.6) is 11.5 Å². The topological polar surface area (TPSA) is 78.9 Å². The molecule has 0 radical (unpaired) electrons. The monoisotopic (exact) mass is 538 g/mol. The zero-order valence-corrected chi connectivity index (χ0v) is 20.8. The van der Waals surface area contributed by atoms with E-state index in [-0.39, 0.29) is 38.3 Å². The molecule has 4 rings (SSSR count). The van der Waals surface area contributed by atoms with E-state index in [2.05, 4.69) is 0 Å². The summed E-state index contributed by atoms with van der Waals surface area (Å²) in [4.78, 5) is 24.9. The van der Waals surface area contributed by atoms with Crippen molar-refractivity contribution < 1.29 is 24.2 Å². The minimum absolute atomic E-state index is 0.0482. The lowest BCUT2D eigenvalue weighted by molar-refractivity contribution is -0.255. The Bertz CT molecular complexity index is 1330. The van der Waals surface area contributed by atoms with Crippen LogP contribution in [0.1, 0.15) is 27.0 Å². The average Bonchev–Trinajstić information content (AvgIpc) is 3.02. The number of halogens is 4. The third kappa shape index (κ3) is 3.95. The Balaban J connectivity index is 1.92. The number of fused-ring (bicyclic) bond motifs is 1. The molecule has 1 unspecified atom stereocenters. The van der Waals surface area contributed by atoms with Gasteiger partial charge in [-0.2, -0.15) is 0 Å². The van der Waals surface area contributed by atoms with Crippen LogP contribution in [0.2, 0.25) is 15.1 Å². The van der Waals surface area contributed by atoms with Crippen LogP contribution in [0.25, 0.3) is 0 Å². The Labute approximate surface area is 215 Å². The number of carboxylic acids is 1. The van der Waals surface area contributed by atoms with E-state index in [4.69, 9.17) is 55.9 Å². The molecule has 3 aromatic rings. The number of benzene rings is 3. The molecule has 1 aliphatic heterocycles. The van der Waals surface area contributed by atoms with Crippen molar-refractivity contribution in [2.24, 2.45) is 0 Å². The number of hydrogen-bond acceptors (Lipinski definition) is 5. The molecule has 3 aromatic carbocycles. The molecule has 176 valence electrons. The quantitative estimate of drug-likeness (QED) is 0.409. The van der Waals surface area contributed by atoms with Crippen LogP contribution >= 0.6 is 46.4 Å². The van der Waals surface area contributed by atoms with Crippen LogP contribution in [0, 0.1) is 0 Å².